The molecule has 0 spiro atoms. The van der Waals surface area contributed by atoms with Crippen LogP contribution in [-0.2, 0) is 4.79 Å². The van der Waals surface area contributed by atoms with E-state index in [2.05, 4.69) is 0 Å². The van der Waals surface area contributed by atoms with Crippen LogP contribution in [-0.4, -0.2) is 49.3 Å². The van der Waals surface area contributed by atoms with Crippen molar-refractivity contribution >= 4 is 17.4 Å². The maximum absolute atomic E-state index is 12.1. The van der Waals surface area contributed by atoms with Gasteiger partial charge in [0.25, 0.3) is 0 Å². The van der Waals surface area contributed by atoms with Crippen LogP contribution in [0.1, 0.15) is 17.3 Å². The zero-order valence-corrected chi connectivity index (χ0v) is 11.1. The van der Waals surface area contributed by atoms with E-state index in [1.54, 1.807) is 17.0 Å². The van der Waals surface area contributed by atoms with E-state index in [1.807, 2.05) is 17.0 Å². The first-order chi connectivity index (χ1) is 9.11. The molecule has 2 N–H and O–H groups in total. The van der Waals surface area contributed by atoms with E-state index in [9.17, 15) is 9.59 Å². The van der Waals surface area contributed by atoms with Crippen LogP contribution >= 0.6 is 0 Å². The number of anilines is 1. The van der Waals surface area contributed by atoms with E-state index in [0.29, 0.717) is 25.2 Å². The standard InChI is InChI=1S/C14H19N3O2/c1-11(18)12-3-2-4-13(9-12)17-8-7-16(6-5-15)10-14(17)19/h2-4,9H,5-8,10,15H2,1H3. The molecule has 1 amide bonds. The molecular formula is C14H19N3O2. The number of Topliss-reactive ketones (excluding diaryl/α,β-unsaturated/α-hetero) is 1. The third-order valence-electron chi connectivity index (χ3n) is 3.31. The molecule has 1 saturated heterocycles. The predicted molar refractivity (Wildman–Crippen MR) is 74.3 cm³/mol. The first-order valence-electron chi connectivity index (χ1n) is 6.45. The highest BCUT2D eigenvalue weighted by molar-refractivity contribution is 5.99. The fraction of sp³-hybridized carbons (Fsp3) is 0.429. The molecule has 0 aromatic heterocycles. The number of ketones is 1. The maximum Gasteiger partial charge on any atom is 0.241 e. The van der Waals surface area contributed by atoms with Crippen molar-refractivity contribution in [2.75, 3.05) is 37.6 Å². The molecule has 1 fully saturated rings. The van der Waals surface area contributed by atoms with Gasteiger partial charge < -0.3 is 10.6 Å². The average Bonchev–Trinajstić information content (AvgIpc) is 2.39. The van der Waals surface area contributed by atoms with Crippen LogP contribution in [0.25, 0.3) is 0 Å². The van der Waals surface area contributed by atoms with E-state index < -0.39 is 0 Å². The van der Waals surface area contributed by atoms with Crippen LogP contribution in [0.2, 0.25) is 0 Å². The van der Waals surface area contributed by atoms with Crippen LogP contribution < -0.4 is 10.6 Å². The Hall–Kier alpha value is -1.72. The van der Waals surface area contributed by atoms with E-state index in [-0.39, 0.29) is 11.7 Å². The molecule has 5 heteroatoms. The fourth-order valence-electron chi connectivity index (χ4n) is 2.26. The molecule has 0 atom stereocenters. The zero-order valence-electron chi connectivity index (χ0n) is 11.1. The lowest BCUT2D eigenvalue weighted by Gasteiger charge is -2.34. The Bertz CT molecular complexity index is 487. The largest absolute Gasteiger partial charge is 0.329 e. The summed E-state index contributed by atoms with van der Waals surface area (Å²) < 4.78 is 0. The summed E-state index contributed by atoms with van der Waals surface area (Å²) in [5.74, 6) is 0.0662. The van der Waals surface area contributed by atoms with Gasteiger partial charge in [0.2, 0.25) is 5.91 Å². The molecule has 0 saturated carbocycles. The highest BCUT2D eigenvalue weighted by atomic mass is 16.2. The summed E-state index contributed by atoms with van der Waals surface area (Å²) in [6, 6.07) is 7.22. The summed E-state index contributed by atoms with van der Waals surface area (Å²) in [6.45, 7) is 4.68. The van der Waals surface area contributed by atoms with Crippen molar-refractivity contribution in [2.45, 2.75) is 6.92 Å². The molecule has 1 heterocycles. The van der Waals surface area contributed by atoms with Gasteiger partial charge in [-0.1, -0.05) is 12.1 Å². The van der Waals surface area contributed by atoms with Crippen molar-refractivity contribution in [1.29, 1.82) is 0 Å². The molecular weight excluding hydrogens is 242 g/mol. The van der Waals surface area contributed by atoms with Gasteiger partial charge in [0, 0.05) is 37.4 Å². The number of benzene rings is 1. The van der Waals surface area contributed by atoms with Crippen LogP contribution in [0, 0.1) is 0 Å². The number of carbonyl (C=O) groups excluding carboxylic acids is 2. The second kappa shape index (κ2) is 5.95. The number of piperazine rings is 1. The highest BCUT2D eigenvalue weighted by Crippen LogP contribution is 2.19. The van der Waals surface area contributed by atoms with Crippen molar-refractivity contribution in [2.24, 2.45) is 5.73 Å². The minimum atomic E-state index is 0.0102. The smallest absolute Gasteiger partial charge is 0.241 e. The summed E-state index contributed by atoms with van der Waals surface area (Å²) in [7, 11) is 0. The highest BCUT2D eigenvalue weighted by Gasteiger charge is 2.24. The number of nitrogens with zero attached hydrogens (tertiary/aromatic N) is 2. The molecule has 102 valence electrons. The average molecular weight is 261 g/mol. The van der Waals surface area contributed by atoms with Crippen LogP contribution in [0.15, 0.2) is 24.3 Å². The fourth-order valence-corrected chi connectivity index (χ4v) is 2.26. The Kier molecular flexibility index (Phi) is 4.29. The minimum absolute atomic E-state index is 0.0102. The van der Waals surface area contributed by atoms with E-state index >= 15 is 0 Å². The van der Waals surface area contributed by atoms with Gasteiger partial charge in [0.05, 0.1) is 6.54 Å². The van der Waals surface area contributed by atoms with Gasteiger partial charge in [0.1, 0.15) is 0 Å². The SMILES string of the molecule is CC(=O)c1cccc(N2CCN(CCN)CC2=O)c1. The van der Waals surface area contributed by atoms with Crippen LogP contribution in [0.3, 0.4) is 0 Å². The van der Waals surface area contributed by atoms with E-state index in [1.165, 1.54) is 6.92 Å². The number of carbonyl (C=O) groups is 2. The maximum atomic E-state index is 12.1. The summed E-state index contributed by atoms with van der Waals surface area (Å²) in [4.78, 5) is 27.3. The quantitative estimate of drug-likeness (QED) is 0.801. The van der Waals surface area contributed by atoms with Crippen molar-refractivity contribution < 1.29 is 9.59 Å². The van der Waals surface area contributed by atoms with Gasteiger partial charge in [-0.15, -0.1) is 0 Å². The first kappa shape index (κ1) is 13.7. The molecule has 2 rings (SSSR count). The topological polar surface area (TPSA) is 66.6 Å². The first-order valence-corrected chi connectivity index (χ1v) is 6.45. The third kappa shape index (κ3) is 3.19. The Morgan fingerprint density at radius 1 is 1.37 bits per heavy atom. The number of hydrogen-bond acceptors (Lipinski definition) is 4. The van der Waals surface area contributed by atoms with Crippen molar-refractivity contribution in [3.05, 3.63) is 29.8 Å². The molecule has 1 aromatic rings. The lowest BCUT2D eigenvalue weighted by Crippen LogP contribution is -2.51. The summed E-state index contributed by atoms with van der Waals surface area (Å²) >= 11 is 0. The Labute approximate surface area is 113 Å². The molecule has 0 bridgehead atoms. The Morgan fingerprint density at radius 3 is 2.79 bits per heavy atom. The van der Waals surface area contributed by atoms with Gasteiger partial charge in [-0.05, 0) is 19.1 Å². The van der Waals surface area contributed by atoms with Gasteiger partial charge in [0.15, 0.2) is 5.78 Å². The second-order valence-electron chi connectivity index (χ2n) is 4.72. The van der Waals surface area contributed by atoms with E-state index in [0.717, 1.165) is 18.8 Å². The normalized spacial score (nSPS) is 16.7. The molecule has 5 nitrogen and oxygen atoms in total. The molecule has 1 aliphatic rings. The number of hydrogen-bond donors (Lipinski definition) is 1. The van der Waals surface area contributed by atoms with Gasteiger partial charge >= 0.3 is 0 Å². The molecule has 1 aliphatic heterocycles. The molecule has 1 aromatic carbocycles. The van der Waals surface area contributed by atoms with Crippen LogP contribution in [0.5, 0.6) is 0 Å². The monoisotopic (exact) mass is 261 g/mol. The van der Waals surface area contributed by atoms with Crippen molar-refractivity contribution in [3.63, 3.8) is 0 Å². The van der Waals surface area contributed by atoms with E-state index in [4.69, 9.17) is 5.73 Å². The summed E-state index contributed by atoms with van der Waals surface area (Å²) in [6.07, 6.45) is 0. The summed E-state index contributed by atoms with van der Waals surface area (Å²) in [5, 5.41) is 0. The van der Waals surface area contributed by atoms with Gasteiger partial charge in [-0.2, -0.15) is 0 Å². The number of nitrogens with two attached hydrogens (primary N) is 1. The van der Waals surface area contributed by atoms with Gasteiger partial charge in [-0.3, -0.25) is 14.5 Å². The number of amides is 1. The summed E-state index contributed by atoms with van der Waals surface area (Å²) in [5.41, 5.74) is 6.93. The van der Waals surface area contributed by atoms with Crippen molar-refractivity contribution in [1.82, 2.24) is 4.90 Å². The molecule has 19 heavy (non-hydrogen) atoms. The van der Waals surface area contributed by atoms with Gasteiger partial charge in [-0.25, -0.2) is 0 Å². The minimum Gasteiger partial charge on any atom is -0.329 e. The van der Waals surface area contributed by atoms with Crippen molar-refractivity contribution in [3.8, 4) is 0 Å². The predicted octanol–water partition coefficient (Wildman–Crippen LogP) is 0.497. The molecule has 0 radical (unpaired) electrons. The number of rotatable bonds is 4. The third-order valence-corrected chi connectivity index (χ3v) is 3.31. The Morgan fingerprint density at radius 2 is 2.16 bits per heavy atom. The zero-order chi connectivity index (χ0) is 13.8. The van der Waals surface area contributed by atoms with Crippen LogP contribution in [0.4, 0.5) is 5.69 Å². The Balaban J connectivity index is 2.12. The second-order valence-corrected chi connectivity index (χ2v) is 4.72. The lowest BCUT2D eigenvalue weighted by atomic mass is 10.1. The molecule has 0 aliphatic carbocycles. The lowest BCUT2D eigenvalue weighted by molar-refractivity contribution is -0.121. The molecule has 0 unspecified atom stereocenters.